The van der Waals surface area contributed by atoms with Crippen LogP contribution in [0.25, 0.3) is 64.8 Å². The maximum Gasteiger partial charge on any atom is 0.277 e. The lowest BCUT2D eigenvalue weighted by Crippen LogP contribution is -2.59. The molecule has 0 fully saturated rings. The molecule has 11 aromatic rings. The zero-order valence-electron chi connectivity index (χ0n) is 38.1. The SMILES string of the molecule is Cc1cc2c3c(c1)N(c1ccc(-c4cc5ccccc5o4)cc1)c1c(sc4ccc(C(C)(C)C)cc14)B3c1sc3ccc(C(C)(C)C)cc3c1N2c1ccc(-c2cc3ccccc3o2)cc1. The van der Waals surface area contributed by atoms with Crippen molar-refractivity contribution in [3.8, 4) is 22.6 Å². The quantitative estimate of drug-likeness (QED) is 0.165. The van der Waals surface area contributed by atoms with Gasteiger partial charge in [-0.15, -0.1) is 22.7 Å². The lowest BCUT2D eigenvalue weighted by atomic mass is 9.39. The summed E-state index contributed by atoms with van der Waals surface area (Å²) in [6.07, 6.45) is 0. The van der Waals surface area contributed by atoms with Gasteiger partial charge in [0.2, 0.25) is 0 Å². The fourth-order valence-corrected chi connectivity index (χ4v) is 13.0. The molecule has 4 nitrogen and oxygen atoms in total. The monoisotopic (exact) mass is 890 g/mol. The molecule has 0 saturated heterocycles. The molecule has 0 aliphatic carbocycles. The highest BCUT2D eigenvalue weighted by Crippen LogP contribution is 2.52. The Balaban J connectivity index is 1.06. The van der Waals surface area contributed by atoms with Crippen LogP contribution >= 0.6 is 22.7 Å². The van der Waals surface area contributed by atoms with E-state index < -0.39 is 0 Å². The molecule has 0 saturated carbocycles. The first-order chi connectivity index (χ1) is 31.9. The van der Waals surface area contributed by atoms with Gasteiger partial charge in [-0.2, -0.15) is 0 Å². The van der Waals surface area contributed by atoms with Crippen LogP contribution in [0.1, 0.15) is 58.2 Å². The molecule has 6 heterocycles. The zero-order valence-corrected chi connectivity index (χ0v) is 39.7. The van der Waals surface area contributed by atoms with Gasteiger partial charge in [-0.1, -0.05) is 90.1 Å². The van der Waals surface area contributed by atoms with Crippen molar-refractivity contribution in [2.75, 3.05) is 9.80 Å². The number of thiophene rings is 2. The summed E-state index contributed by atoms with van der Waals surface area (Å²) in [5.41, 5.74) is 16.4. The molecule has 0 atom stereocenters. The second-order valence-electron chi connectivity index (χ2n) is 20.3. The van der Waals surface area contributed by atoms with Crippen LogP contribution in [0.15, 0.2) is 167 Å². The van der Waals surface area contributed by atoms with E-state index in [0.717, 1.165) is 56.0 Å². The van der Waals surface area contributed by atoms with Crippen molar-refractivity contribution < 1.29 is 8.83 Å². The van der Waals surface area contributed by atoms with Crippen molar-refractivity contribution in [2.45, 2.75) is 59.3 Å². The Labute approximate surface area is 393 Å². The summed E-state index contributed by atoms with van der Waals surface area (Å²) in [5, 5.41) is 4.83. The third kappa shape index (κ3) is 6.02. The highest BCUT2D eigenvalue weighted by atomic mass is 32.1. The Kier molecular flexibility index (Phi) is 8.45. The minimum Gasteiger partial charge on any atom is -0.456 e. The molecule has 2 aliphatic heterocycles. The van der Waals surface area contributed by atoms with Crippen LogP contribution in [-0.2, 0) is 10.8 Å². The maximum atomic E-state index is 6.37. The van der Waals surface area contributed by atoms with Crippen LogP contribution < -0.4 is 24.8 Å². The van der Waals surface area contributed by atoms with Crippen molar-refractivity contribution >= 4 is 121 Å². The summed E-state index contributed by atoms with van der Waals surface area (Å²) >= 11 is 3.93. The van der Waals surface area contributed by atoms with E-state index in [-0.39, 0.29) is 17.5 Å². The Morgan fingerprint density at radius 3 is 1.30 bits per heavy atom. The first-order valence-electron chi connectivity index (χ1n) is 22.9. The predicted octanol–water partition coefficient (Wildman–Crippen LogP) is 15.9. The number of hydrogen-bond donors (Lipinski definition) is 0. The van der Waals surface area contributed by atoms with E-state index in [4.69, 9.17) is 8.83 Å². The van der Waals surface area contributed by atoms with Crippen molar-refractivity contribution in [1.29, 1.82) is 0 Å². The highest BCUT2D eigenvalue weighted by molar-refractivity contribution is 7.40. The molecule has 320 valence electrons. The minimum absolute atomic E-state index is 0.00684. The summed E-state index contributed by atoms with van der Waals surface area (Å²) in [7, 11) is 0. The van der Waals surface area contributed by atoms with Crippen molar-refractivity contribution in [3.05, 3.63) is 174 Å². The van der Waals surface area contributed by atoms with Gasteiger partial charge in [0.15, 0.2) is 0 Å². The van der Waals surface area contributed by atoms with Gasteiger partial charge < -0.3 is 18.6 Å². The molecule has 0 spiro atoms. The predicted molar refractivity (Wildman–Crippen MR) is 284 cm³/mol. The second-order valence-corrected chi connectivity index (χ2v) is 22.4. The largest absolute Gasteiger partial charge is 0.456 e. The molecule has 4 aromatic heterocycles. The Morgan fingerprint density at radius 2 is 0.894 bits per heavy atom. The number of aryl methyl sites for hydroxylation is 1. The summed E-state index contributed by atoms with van der Waals surface area (Å²) in [4.78, 5) is 5.15. The molecule has 0 unspecified atom stereocenters. The lowest BCUT2D eigenvalue weighted by molar-refractivity contribution is 0.591. The molecule has 0 N–H and O–H groups in total. The maximum absolute atomic E-state index is 6.37. The number of furan rings is 2. The van der Waals surface area contributed by atoms with Gasteiger partial charge in [-0.25, -0.2) is 0 Å². The van der Waals surface area contributed by atoms with E-state index in [2.05, 4.69) is 192 Å². The average molecular weight is 891 g/mol. The minimum atomic E-state index is -0.00684. The molecular formula is C59H47BN2O2S2. The van der Waals surface area contributed by atoms with Crippen LogP contribution in [0.3, 0.4) is 0 Å². The van der Waals surface area contributed by atoms with Gasteiger partial charge in [-0.05, 0) is 149 Å². The highest BCUT2D eigenvalue weighted by Gasteiger charge is 2.47. The Morgan fingerprint density at radius 1 is 0.470 bits per heavy atom. The molecule has 7 heteroatoms. The van der Waals surface area contributed by atoms with E-state index in [1.807, 2.05) is 46.9 Å². The second kappa shape index (κ2) is 14.1. The summed E-state index contributed by atoms with van der Waals surface area (Å²) < 4.78 is 18.1. The molecule has 7 aromatic carbocycles. The topological polar surface area (TPSA) is 32.8 Å². The van der Waals surface area contributed by atoms with Crippen LogP contribution in [0.5, 0.6) is 0 Å². The molecule has 66 heavy (non-hydrogen) atoms. The average Bonchev–Trinajstić information content (AvgIpc) is 4.11. The van der Waals surface area contributed by atoms with Gasteiger partial charge in [0, 0.05) is 74.4 Å². The molecule has 2 aliphatic rings. The summed E-state index contributed by atoms with van der Waals surface area (Å²) in [5.74, 6) is 1.75. The van der Waals surface area contributed by atoms with E-state index in [1.165, 1.54) is 74.6 Å². The van der Waals surface area contributed by atoms with Gasteiger partial charge in [0.25, 0.3) is 6.71 Å². The molecule has 13 rings (SSSR count). The van der Waals surface area contributed by atoms with E-state index in [9.17, 15) is 0 Å². The smallest absolute Gasteiger partial charge is 0.277 e. The van der Waals surface area contributed by atoms with Gasteiger partial charge in [0.05, 0.1) is 11.4 Å². The third-order valence-electron chi connectivity index (χ3n) is 13.8. The molecule has 0 amide bonds. The van der Waals surface area contributed by atoms with E-state index in [1.54, 1.807) is 0 Å². The Bertz CT molecular complexity index is 3450. The van der Waals surface area contributed by atoms with Crippen LogP contribution in [0, 0.1) is 6.92 Å². The third-order valence-corrected chi connectivity index (χ3v) is 16.3. The molecular weight excluding hydrogens is 844 g/mol. The first kappa shape index (κ1) is 39.6. The van der Waals surface area contributed by atoms with Crippen molar-refractivity contribution in [1.82, 2.24) is 0 Å². The first-order valence-corrected chi connectivity index (χ1v) is 24.6. The zero-order chi connectivity index (χ0) is 44.8. The number of hydrogen-bond acceptors (Lipinski definition) is 6. The number of fused-ring (bicyclic) bond motifs is 10. The number of nitrogens with zero attached hydrogens (tertiary/aromatic N) is 2. The number of benzene rings is 7. The summed E-state index contributed by atoms with van der Waals surface area (Å²) in [6, 6.07) is 58.1. The molecule has 0 radical (unpaired) electrons. The molecule has 0 bridgehead atoms. The fraction of sp³-hybridized carbons (Fsp3) is 0.153. The number of para-hydroxylation sites is 2. The number of rotatable bonds is 4. The van der Waals surface area contributed by atoms with Crippen LogP contribution in [-0.4, -0.2) is 6.71 Å². The lowest BCUT2D eigenvalue weighted by Gasteiger charge is -2.42. The summed E-state index contributed by atoms with van der Waals surface area (Å²) in [6.45, 7) is 16.2. The Hall–Kier alpha value is -6.80. The van der Waals surface area contributed by atoms with Crippen LogP contribution in [0.4, 0.5) is 34.1 Å². The normalized spacial score (nSPS) is 13.6. The van der Waals surface area contributed by atoms with Crippen molar-refractivity contribution in [3.63, 3.8) is 0 Å². The van der Waals surface area contributed by atoms with Crippen LogP contribution in [0.2, 0.25) is 0 Å². The van der Waals surface area contributed by atoms with E-state index >= 15 is 0 Å². The van der Waals surface area contributed by atoms with E-state index in [0.29, 0.717) is 0 Å². The van der Waals surface area contributed by atoms with Gasteiger partial charge >= 0.3 is 0 Å². The van der Waals surface area contributed by atoms with Gasteiger partial charge in [-0.3, -0.25) is 0 Å². The number of anilines is 6. The fourth-order valence-electron chi connectivity index (χ4n) is 10.4. The standard InChI is InChI=1S/C59H47BN2O2S2/c1-34-28-45-53-46(29-34)62(42-24-18-36(19-25-42)50-31-38-13-9-11-15-48(38)64-50)55-44-33-40(59(5,6)7)21-27-52(44)66-57(55)60(53)56-54(43-32-39(58(2,3)4)20-26-51(43)65-56)61(45)41-22-16-35(17-23-41)49-30-37-12-8-10-14-47(37)63-49/h8-33H,1-7H3. The van der Waals surface area contributed by atoms with Gasteiger partial charge in [0.1, 0.15) is 22.7 Å². The van der Waals surface area contributed by atoms with Crippen molar-refractivity contribution in [2.24, 2.45) is 0 Å².